The van der Waals surface area contributed by atoms with E-state index < -0.39 is 34.7 Å². The van der Waals surface area contributed by atoms with E-state index in [4.69, 9.17) is 4.74 Å². The van der Waals surface area contributed by atoms with Crippen LogP contribution in [0.15, 0.2) is 18.2 Å². The molecule has 1 fully saturated rings. The van der Waals surface area contributed by atoms with Gasteiger partial charge in [-0.1, -0.05) is 6.07 Å². The van der Waals surface area contributed by atoms with Crippen LogP contribution in [0, 0.1) is 17.0 Å². The summed E-state index contributed by atoms with van der Waals surface area (Å²) in [5.74, 6) is -1.35. The summed E-state index contributed by atoms with van der Waals surface area (Å²) >= 11 is 0. The van der Waals surface area contributed by atoms with Crippen molar-refractivity contribution in [1.82, 2.24) is 4.90 Å². The highest BCUT2D eigenvalue weighted by atomic mass is 16.6. The predicted molar refractivity (Wildman–Crippen MR) is 83.5 cm³/mol. The zero-order valence-corrected chi connectivity index (χ0v) is 13.7. The number of nitro benzene ring substituents is 1. The number of nitrogens with zero attached hydrogens (tertiary/aromatic N) is 2. The highest BCUT2D eigenvalue weighted by Crippen LogP contribution is 2.31. The molecule has 0 spiro atoms. The summed E-state index contributed by atoms with van der Waals surface area (Å²) in [6, 6.07) is 4.41. The van der Waals surface area contributed by atoms with Crippen molar-refractivity contribution < 1.29 is 24.0 Å². The number of benzene rings is 1. The number of nitro groups is 1. The summed E-state index contributed by atoms with van der Waals surface area (Å²) in [6.45, 7) is 4.20. The van der Waals surface area contributed by atoms with Gasteiger partial charge in [-0.25, -0.2) is 0 Å². The first-order chi connectivity index (χ1) is 11.1. The van der Waals surface area contributed by atoms with Crippen LogP contribution in [-0.4, -0.2) is 39.6 Å². The van der Waals surface area contributed by atoms with Gasteiger partial charge in [0.25, 0.3) is 0 Å². The van der Waals surface area contributed by atoms with Gasteiger partial charge in [-0.05, 0) is 32.4 Å². The number of carbonyl (C=O) groups is 3. The molecule has 0 atom stereocenters. The quantitative estimate of drug-likeness (QED) is 0.446. The van der Waals surface area contributed by atoms with Crippen molar-refractivity contribution in [3.63, 3.8) is 0 Å². The SMILES string of the molecule is Cc1ccc(OC(C)(C)C(=O)CN2C(=O)CCC2=O)c([N+](=O)[O-])c1. The van der Waals surface area contributed by atoms with Crippen LogP contribution in [0.3, 0.4) is 0 Å². The molecule has 128 valence electrons. The number of rotatable bonds is 6. The fraction of sp³-hybridized carbons (Fsp3) is 0.438. The van der Waals surface area contributed by atoms with Gasteiger partial charge in [-0.15, -0.1) is 0 Å². The molecular formula is C16H18N2O6. The number of hydrogen-bond acceptors (Lipinski definition) is 6. The van der Waals surface area contributed by atoms with Crippen molar-refractivity contribution in [2.45, 2.75) is 39.2 Å². The third-order valence-electron chi connectivity index (χ3n) is 3.80. The van der Waals surface area contributed by atoms with Crippen LogP contribution in [0.25, 0.3) is 0 Å². The van der Waals surface area contributed by atoms with Gasteiger partial charge in [0, 0.05) is 18.9 Å². The lowest BCUT2D eigenvalue weighted by atomic mass is 10.0. The molecule has 24 heavy (non-hydrogen) atoms. The van der Waals surface area contributed by atoms with Crippen LogP contribution in [0.2, 0.25) is 0 Å². The first kappa shape index (κ1) is 17.6. The molecule has 1 aliphatic heterocycles. The number of ketones is 1. The molecule has 0 unspecified atom stereocenters. The number of Topliss-reactive ketones (excluding diaryl/α,β-unsaturated/α-hetero) is 1. The lowest BCUT2D eigenvalue weighted by molar-refractivity contribution is -0.386. The second-order valence-corrected chi connectivity index (χ2v) is 6.14. The molecule has 0 saturated carbocycles. The van der Waals surface area contributed by atoms with Crippen LogP contribution in [0.1, 0.15) is 32.3 Å². The van der Waals surface area contributed by atoms with Crippen LogP contribution < -0.4 is 4.74 Å². The fourth-order valence-corrected chi connectivity index (χ4v) is 2.32. The van der Waals surface area contributed by atoms with E-state index in [2.05, 4.69) is 0 Å². The van der Waals surface area contributed by atoms with E-state index in [-0.39, 0.29) is 24.3 Å². The number of carbonyl (C=O) groups excluding carboxylic acids is 3. The van der Waals surface area contributed by atoms with Crippen LogP contribution in [0.5, 0.6) is 5.75 Å². The highest BCUT2D eigenvalue weighted by molar-refractivity contribution is 6.05. The Balaban J connectivity index is 2.19. The molecule has 0 aromatic heterocycles. The molecule has 1 aliphatic rings. The van der Waals surface area contributed by atoms with E-state index in [1.165, 1.54) is 26.0 Å². The summed E-state index contributed by atoms with van der Waals surface area (Å²) in [4.78, 5) is 47.1. The van der Waals surface area contributed by atoms with Crippen LogP contribution in [0.4, 0.5) is 5.69 Å². The van der Waals surface area contributed by atoms with Crippen molar-refractivity contribution >= 4 is 23.3 Å². The number of likely N-dealkylation sites (tertiary alicyclic amines) is 1. The van der Waals surface area contributed by atoms with Gasteiger partial charge in [-0.2, -0.15) is 0 Å². The van der Waals surface area contributed by atoms with Gasteiger partial charge in [0.1, 0.15) is 0 Å². The number of imide groups is 1. The van der Waals surface area contributed by atoms with Crippen LogP contribution in [-0.2, 0) is 14.4 Å². The molecule has 1 heterocycles. The van der Waals surface area contributed by atoms with Crippen molar-refractivity contribution in [3.05, 3.63) is 33.9 Å². The Labute approximate surface area is 138 Å². The molecule has 0 N–H and O–H groups in total. The van der Waals surface area contributed by atoms with E-state index >= 15 is 0 Å². The van der Waals surface area contributed by atoms with E-state index in [9.17, 15) is 24.5 Å². The minimum atomic E-state index is -1.43. The lowest BCUT2D eigenvalue weighted by Gasteiger charge is -2.26. The summed E-state index contributed by atoms with van der Waals surface area (Å²) in [5.41, 5.74) is -0.987. The minimum absolute atomic E-state index is 0.0389. The van der Waals surface area contributed by atoms with Crippen molar-refractivity contribution in [2.24, 2.45) is 0 Å². The van der Waals surface area contributed by atoms with Gasteiger partial charge in [-0.3, -0.25) is 29.4 Å². The smallest absolute Gasteiger partial charge is 0.311 e. The van der Waals surface area contributed by atoms with Gasteiger partial charge >= 0.3 is 5.69 Å². The van der Waals surface area contributed by atoms with E-state index in [0.29, 0.717) is 5.56 Å². The van der Waals surface area contributed by atoms with Gasteiger partial charge < -0.3 is 4.74 Å². The molecule has 1 aromatic rings. The predicted octanol–water partition coefficient (Wildman–Crippen LogP) is 1.78. The Bertz CT molecular complexity index is 709. The average molecular weight is 334 g/mol. The molecule has 8 heteroatoms. The standard InChI is InChI=1S/C16H18N2O6/c1-10-4-5-12(11(8-10)18(22)23)24-16(2,3)13(19)9-17-14(20)6-7-15(17)21/h4-5,8H,6-7,9H2,1-3H3. The Morgan fingerprint density at radius 3 is 2.42 bits per heavy atom. The second-order valence-electron chi connectivity index (χ2n) is 6.14. The third-order valence-corrected chi connectivity index (χ3v) is 3.80. The maximum absolute atomic E-state index is 12.4. The summed E-state index contributed by atoms with van der Waals surface area (Å²) in [6.07, 6.45) is 0.188. The monoisotopic (exact) mass is 334 g/mol. The molecule has 0 bridgehead atoms. The van der Waals surface area contributed by atoms with E-state index in [1.54, 1.807) is 13.0 Å². The summed E-state index contributed by atoms with van der Waals surface area (Å²) in [7, 11) is 0. The third kappa shape index (κ3) is 3.58. The van der Waals surface area contributed by atoms with Gasteiger partial charge in [0.2, 0.25) is 11.8 Å². The normalized spacial score (nSPS) is 14.9. The Kier molecular flexibility index (Phi) is 4.68. The first-order valence-corrected chi connectivity index (χ1v) is 7.42. The molecule has 1 aromatic carbocycles. The van der Waals surface area contributed by atoms with Crippen molar-refractivity contribution in [2.75, 3.05) is 6.54 Å². The Morgan fingerprint density at radius 1 is 1.29 bits per heavy atom. The van der Waals surface area contributed by atoms with Crippen molar-refractivity contribution in [3.8, 4) is 5.75 Å². The molecule has 2 rings (SSSR count). The molecule has 1 saturated heterocycles. The molecule has 0 aliphatic carbocycles. The van der Waals surface area contributed by atoms with E-state index in [1.807, 2.05) is 0 Å². The number of aryl methyl sites for hydroxylation is 1. The Hall–Kier alpha value is -2.77. The maximum atomic E-state index is 12.4. The lowest BCUT2D eigenvalue weighted by Crippen LogP contribution is -2.46. The zero-order chi connectivity index (χ0) is 18.1. The van der Waals surface area contributed by atoms with Crippen LogP contribution >= 0.6 is 0 Å². The topological polar surface area (TPSA) is 107 Å². The zero-order valence-electron chi connectivity index (χ0n) is 13.7. The number of ether oxygens (including phenoxy) is 1. The number of hydrogen-bond donors (Lipinski definition) is 0. The maximum Gasteiger partial charge on any atom is 0.311 e. The van der Waals surface area contributed by atoms with E-state index in [0.717, 1.165) is 4.90 Å². The van der Waals surface area contributed by atoms with Crippen molar-refractivity contribution in [1.29, 1.82) is 0 Å². The van der Waals surface area contributed by atoms with Gasteiger partial charge in [0.05, 0.1) is 11.5 Å². The molecular weight excluding hydrogens is 316 g/mol. The molecule has 0 radical (unpaired) electrons. The van der Waals surface area contributed by atoms with Gasteiger partial charge in [0.15, 0.2) is 17.1 Å². The minimum Gasteiger partial charge on any atom is -0.473 e. The molecule has 8 nitrogen and oxygen atoms in total. The second kappa shape index (κ2) is 6.38. The Morgan fingerprint density at radius 2 is 1.88 bits per heavy atom. The summed E-state index contributed by atoms with van der Waals surface area (Å²) in [5, 5.41) is 11.1. The molecule has 2 amide bonds. The fourth-order valence-electron chi connectivity index (χ4n) is 2.32. The largest absolute Gasteiger partial charge is 0.473 e. The first-order valence-electron chi connectivity index (χ1n) is 7.42. The summed E-state index contributed by atoms with van der Waals surface area (Å²) < 4.78 is 5.55. The average Bonchev–Trinajstić information content (AvgIpc) is 2.80. The number of amides is 2. The highest BCUT2D eigenvalue weighted by Gasteiger charge is 2.37.